The Morgan fingerprint density at radius 3 is 2.61 bits per heavy atom. The third kappa shape index (κ3) is 2.62. The van der Waals surface area contributed by atoms with E-state index in [4.69, 9.17) is 10.5 Å². The number of hydrogen-bond donors (Lipinski definition) is 1. The Kier molecular flexibility index (Phi) is 4.14. The topological polar surface area (TPSA) is 38.5 Å². The molecule has 2 N–H and O–H groups in total. The standard InChI is InChI=1S/C13H18F2N2O/c1-9-8-18-5-4-17(9)13-11(14)6-10(2-3-16)7-12(13)15/h6-7,9H,2-5,8,16H2,1H3. The Morgan fingerprint density at radius 1 is 1.39 bits per heavy atom. The van der Waals surface area contributed by atoms with Crippen molar-refractivity contribution >= 4 is 5.69 Å². The number of morpholine rings is 1. The summed E-state index contributed by atoms with van der Waals surface area (Å²) in [7, 11) is 0. The first-order valence-electron chi connectivity index (χ1n) is 6.16. The molecule has 5 heteroatoms. The second-order valence-corrected chi connectivity index (χ2v) is 4.56. The molecular formula is C13H18F2N2O. The van der Waals surface area contributed by atoms with Crippen LogP contribution in [0.5, 0.6) is 0 Å². The molecule has 1 heterocycles. The van der Waals surface area contributed by atoms with Crippen LogP contribution < -0.4 is 10.6 Å². The van der Waals surface area contributed by atoms with E-state index in [2.05, 4.69) is 0 Å². The maximum absolute atomic E-state index is 14.0. The summed E-state index contributed by atoms with van der Waals surface area (Å²) in [6.45, 7) is 3.76. The number of anilines is 1. The molecule has 1 aliphatic heterocycles. The number of hydrogen-bond acceptors (Lipinski definition) is 3. The van der Waals surface area contributed by atoms with Gasteiger partial charge in [0.05, 0.1) is 13.2 Å². The molecule has 1 saturated heterocycles. The third-order valence-corrected chi connectivity index (χ3v) is 3.16. The van der Waals surface area contributed by atoms with Crippen molar-refractivity contribution in [2.45, 2.75) is 19.4 Å². The molecule has 0 spiro atoms. The van der Waals surface area contributed by atoms with E-state index in [-0.39, 0.29) is 11.7 Å². The van der Waals surface area contributed by atoms with Crippen LogP contribution in [0.2, 0.25) is 0 Å². The maximum atomic E-state index is 14.0. The highest BCUT2D eigenvalue weighted by Gasteiger charge is 2.25. The molecule has 1 aliphatic rings. The van der Waals surface area contributed by atoms with Crippen molar-refractivity contribution in [2.24, 2.45) is 5.73 Å². The van der Waals surface area contributed by atoms with Crippen molar-refractivity contribution in [3.63, 3.8) is 0 Å². The average Bonchev–Trinajstić information content (AvgIpc) is 2.31. The fourth-order valence-corrected chi connectivity index (χ4v) is 2.26. The number of ether oxygens (including phenoxy) is 1. The van der Waals surface area contributed by atoms with Gasteiger partial charge in [-0.05, 0) is 37.6 Å². The van der Waals surface area contributed by atoms with Gasteiger partial charge in [0.15, 0.2) is 0 Å². The second kappa shape index (κ2) is 5.63. The predicted octanol–water partition coefficient (Wildman–Crippen LogP) is 1.69. The minimum absolute atomic E-state index is 0.0249. The maximum Gasteiger partial charge on any atom is 0.149 e. The molecule has 0 aromatic heterocycles. The Balaban J connectivity index is 2.32. The minimum atomic E-state index is -0.521. The largest absolute Gasteiger partial charge is 0.377 e. The van der Waals surface area contributed by atoms with Gasteiger partial charge in [-0.15, -0.1) is 0 Å². The second-order valence-electron chi connectivity index (χ2n) is 4.56. The summed E-state index contributed by atoms with van der Waals surface area (Å²) in [5.41, 5.74) is 6.03. The average molecular weight is 256 g/mol. The molecule has 0 bridgehead atoms. The molecule has 0 radical (unpaired) electrons. The van der Waals surface area contributed by atoms with Crippen LogP contribution in [0.3, 0.4) is 0 Å². The molecular weight excluding hydrogens is 238 g/mol. The van der Waals surface area contributed by atoms with E-state index in [1.807, 2.05) is 6.92 Å². The zero-order chi connectivity index (χ0) is 13.1. The van der Waals surface area contributed by atoms with E-state index < -0.39 is 11.6 Å². The molecule has 1 aromatic carbocycles. The lowest BCUT2D eigenvalue weighted by Gasteiger charge is -2.35. The van der Waals surface area contributed by atoms with Gasteiger partial charge in [0, 0.05) is 12.6 Å². The van der Waals surface area contributed by atoms with E-state index in [0.29, 0.717) is 38.3 Å². The molecule has 0 aliphatic carbocycles. The van der Waals surface area contributed by atoms with E-state index in [1.165, 1.54) is 12.1 Å². The lowest BCUT2D eigenvalue weighted by Crippen LogP contribution is -2.44. The van der Waals surface area contributed by atoms with E-state index in [0.717, 1.165) is 0 Å². The van der Waals surface area contributed by atoms with Crippen molar-refractivity contribution < 1.29 is 13.5 Å². The molecule has 100 valence electrons. The molecule has 18 heavy (non-hydrogen) atoms. The van der Waals surface area contributed by atoms with Crippen LogP contribution in [0.25, 0.3) is 0 Å². The monoisotopic (exact) mass is 256 g/mol. The smallest absolute Gasteiger partial charge is 0.149 e. The highest BCUT2D eigenvalue weighted by atomic mass is 19.1. The van der Waals surface area contributed by atoms with Crippen LogP contribution in [0.1, 0.15) is 12.5 Å². The summed E-state index contributed by atoms with van der Waals surface area (Å²) < 4.78 is 33.3. The number of rotatable bonds is 3. The van der Waals surface area contributed by atoms with Crippen LogP contribution in [-0.2, 0) is 11.2 Å². The van der Waals surface area contributed by atoms with Crippen LogP contribution in [0.15, 0.2) is 12.1 Å². The van der Waals surface area contributed by atoms with Gasteiger partial charge in [-0.25, -0.2) is 8.78 Å². The van der Waals surface area contributed by atoms with Crippen molar-refractivity contribution in [1.82, 2.24) is 0 Å². The van der Waals surface area contributed by atoms with Gasteiger partial charge in [0.2, 0.25) is 0 Å². The number of benzene rings is 1. The van der Waals surface area contributed by atoms with Gasteiger partial charge < -0.3 is 15.4 Å². The molecule has 0 saturated carbocycles. The summed E-state index contributed by atoms with van der Waals surface area (Å²) in [6, 6.07) is 2.71. The van der Waals surface area contributed by atoms with Crippen molar-refractivity contribution in [2.75, 3.05) is 31.2 Å². The van der Waals surface area contributed by atoms with Gasteiger partial charge >= 0.3 is 0 Å². The Labute approximate surface area is 106 Å². The molecule has 1 unspecified atom stereocenters. The Morgan fingerprint density at radius 2 is 2.06 bits per heavy atom. The first-order valence-corrected chi connectivity index (χ1v) is 6.16. The SMILES string of the molecule is CC1COCCN1c1c(F)cc(CCN)cc1F. The molecule has 1 aromatic rings. The molecule has 1 fully saturated rings. The summed E-state index contributed by atoms with van der Waals surface area (Å²) in [5, 5.41) is 0. The molecule has 0 amide bonds. The summed E-state index contributed by atoms with van der Waals surface area (Å²) in [6.07, 6.45) is 0.479. The summed E-state index contributed by atoms with van der Waals surface area (Å²) in [4.78, 5) is 1.72. The van der Waals surface area contributed by atoms with Crippen LogP contribution in [0, 0.1) is 11.6 Å². The molecule has 3 nitrogen and oxygen atoms in total. The minimum Gasteiger partial charge on any atom is -0.377 e. The Hall–Kier alpha value is -1.20. The van der Waals surface area contributed by atoms with E-state index >= 15 is 0 Å². The first-order chi connectivity index (χ1) is 8.63. The van der Waals surface area contributed by atoms with Gasteiger partial charge in [-0.3, -0.25) is 0 Å². The quantitative estimate of drug-likeness (QED) is 0.894. The van der Waals surface area contributed by atoms with Gasteiger partial charge in [-0.1, -0.05) is 0 Å². The molecule has 1 atom stereocenters. The first kappa shape index (κ1) is 13.2. The normalized spacial score (nSPS) is 20.2. The fraction of sp³-hybridized carbons (Fsp3) is 0.538. The zero-order valence-corrected chi connectivity index (χ0v) is 10.5. The van der Waals surface area contributed by atoms with Crippen LogP contribution in [0.4, 0.5) is 14.5 Å². The van der Waals surface area contributed by atoms with E-state index in [1.54, 1.807) is 4.90 Å². The lowest BCUT2D eigenvalue weighted by molar-refractivity contribution is 0.0982. The number of nitrogens with two attached hydrogens (primary N) is 1. The van der Waals surface area contributed by atoms with Crippen LogP contribution in [-0.4, -0.2) is 32.3 Å². The highest BCUT2D eigenvalue weighted by Crippen LogP contribution is 2.28. The number of halogens is 2. The fourth-order valence-electron chi connectivity index (χ4n) is 2.26. The number of nitrogens with zero attached hydrogens (tertiary/aromatic N) is 1. The highest BCUT2D eigenvalue weighted by molar-refractivity contribution is 5.52. The van der Waals surface area contributed by atoms with Crippen molar-refractivity contribution in [3.8, 4) is 0 Å². The van der Waals surface area contributed by atoms with Gasteiger partial charge in [0.1, 0.15) is 17.3 Å². The molecule has 2 rings (SSSR count). The third-order valence-electron chi connectivity index (χ3n) is 3.16. The summed E-state index contributed by atoms with van der Waals surface area (Å²) in [5.74, 6) is -1.04. The Bertz CT molecular complexity index is 402. The predicted molar refractivity (Wildman–Crippen MR) is 66.7 cm³/mol. The lowest BCUT2D eigenvalue weighted by atomic mass is 10.1. The van der Waals surface area contributed by atoms with Crippen LogP contribution >= 0.6 is 0 Å². The van der Waals surface area contributed by atoms with E-state index in [9.17, 15) is 8.78 Å². The van der Waals surface area contributed by atoms with Gasteiger partial charge in [-0.2, -0.15) is 0 Å². The van der Waals surface area contributed by atoms with Crippen molar-refractivity contribution in [1.29, 1.82) is 0 Å². The summed E-state index contributed by atoms with van der Waals surface area (Å²) >= 11 is 0. The zero-order valence-electron chi connectivity index (χ0n) is 10.5. The van der Waals surface area contributed by atoms with Gasteiger partial charge in [0.25, 0.3) is 0 Å². The van der Waals surface area contributed by atoms with Crippen molar-refractivity contribution in [3.05, 3.63) is 29.3 Å².